The molecule has 2 aromatic carbocycles. The molecule has 0 saturated heterocycles. The van der Waals surface area contributed by atoms with Gasteiger partial charge in [-0.15, -0.1) is 0 Å². The summed E-state index contributed by atoms with van der Waals surface area (Å²) in [6.07, 6.45) is 1.26. The minimum atomic E-state index is -0.347. The van der Waals surface area contributed by atoms with Crippen LogP contribution in [0.25, 0.3) is 0 Å². The molecule has 0 aromatic heterocycles. The zero-order valence-electron chi connectivity index (χ0n) is 10.2. The van der Waals surface area contributed by atoms with E-state index in [9.17, 15) is 5.11 Å². The Morgan fingerprint density at radius 3 is 2.56 bits per heavy atom. The maximum atomic E-state index is 10.3. The Morgan fingerprint density at radius 2 is 1.78 bits per heavy atom. The van der Waals surface area contributed by atoms with Gasteiger partial charge in [0.15, 0.2) is 0 Å². The normalized spacial score (nSPS) is 19.1. The summed E-state index contributed by atoms with van der Waals surface area (Å²) in [6, 6.07) is 18.5. The van der Waals surface area contributed by atoms with E-state index in [1.807, 2.05) is 30.3 Å². The third-order valence-electron chi connectivity index (χ3n) is 3.55. The van der Waals surface area contributed by atoms with Crippen LogP contribution in [-0.2, 0) is 12.8 Å². The first-order valence-electron chi connectivity index (χ1n) is 6.39. The summed E-state index contributed by atoms with van der Waals surface area (Å²) in [5.74, 6) is 0. The van der Waals surface area contributed by atoms with E-state index in [0.29, 0.717) is 6.42 Å². The molecular formula is C16H17NO. The number of benzene rings is 2. The smallest absolute Gasteiger partial charge is 0.0784 e. The number of aliphatic hydroxyl groups is 1. The van der Waals surface area contributed by atoms with Crippen LogP contribution in [0.2, 0.25) is 0 Å². The van der Waals surface area contributed by atoms with Crippen LogP contribution in [0.5, 0.6) is 0 Å². The Bertz CT molecular complexity index is 499. The monoisotopic (exact) mass is 239 g/mol. The van der Waals surface area contributed by atoms with Crippen molar-refractivity contribution in [2.45, 2.75) is 25.0 Å². The van der Waals surface area contributed by atoms with Crippen LogP contribution in [0, 0.1) is 0 Å². The van der Waals surface area contributed by atoms with Gasteiger partial charge in [-0.1, -0.05) is 48.5 Å². The van der Waals surface area contributed by atoms with Crippen molar-refractivity contribution < 1.29 is 5.11 Å². The maximum Gasteiger partial charge on any atom is 0.0784 e. The summed E-state index contributed by atoms with van der Waals surface area (Å²) in [4.78, 5) is 0. The van der Waals surface area contributed by atoms with Crippen molar-refractivity contribution in [3.8, 4) is 0 Å². The maximum absolute atomic E-state index is 10.3. The van der Waals surface area contributed by atoms with E-state index >= 15 is 0 Å². The lowest BCUT2D eigenvalue weighted by Gasteiger charge is -2.19. The largest absolute Gasteiger partial charge is 0.391 e. The lowest BCUT2D eigenvalue weighted by Crippen LogP contribution is -2.33. The van der Waals surface area contributed by atoms with E-state index in [-0.39, 0.29) is 12.1 Å². The van der Waals surface area contributed by atoms with E-state index in [4.69, 9.17) is 0 Å². The van der Waals surface area contributed by atoms with Crippen molar-refractivity contribution >= 4 is 5.69 Å². The van der Waals surface area contributed by atoms with Crippen molar-refractivity contribution in [3.05, 3.63) is 65.7 Å². The van der Waals surface area contributed by atoms with Crippen molar-refractivity contribution in [1.82, 2.24) is 0 Å². The van der Waals surface area contributed by atoms with Gasteiger partial charge in [-0.05, 0) is 23.6 Å². The summed E-state index contributed by atoms with van der Waals surface area (Å²) < 4.78 is 0. The molecule has 2 atom stereocenters. The molecule has 1 aliphatic rings. The molecule has 2 unspecified atom stereocenters. The third kappa shape index (κ3) is 2.24. The summed E-state index contributed by atoms with van der Waals surface area (Å²) in [7, 11) is 0. The van der Waals surface area contributed by atoms with Gasteiger partial charge in [-0.2, -0.15) is 0 Å². The van der Waals surface area contributed by atoms with Crippen molar-refractivity contribution in [2.75, 3.05) is 5.32 Å². The molecule has 1 heterocycles. The number of rotatable bonds is 3. The number of aliphatic hydroxyl groups excluding tert-OH is 1. The first kappa shape index (κ1) is 11.3. The molecule has 0 aliphatic carbocycles. The topological polar surface area (TPSA) is 32.3 Å². The molecule has 0 fully saturated rings. The number of fused-ring (bicyclic) bond motifs is 1. The molecule has 18 heavy (non-hydrogen) atoms. The fourth-order valence-corrected chi connectivity index (χ4v) is 2.56. The number of hydrogen-bond acceptors (Lipinski definition) is 2. The van der Waals surface area contributed by atoms with Crippen LogP contribution in [0.4, 0.5) is 5.69 Å². The average Bonchev–Trinajstić information content (AvgIpc) is 2.84. The zero-order valence-corrected chi connectivity index (χ0v) is 10.2. The lowest BCUT2D eigenvalue weighted by molar-refractivity contribution is 0.154. The number of nitrogens with one attached hydrogen (secondary N) is 1. The second-order valence-electron chi connectivity index (χ2n) is 4.87. The van der Waals surface area contributed by atoms with Crippen molar-refractivity contribution in [1.29, 1.82) is 0 Å². The molecule has 2 nitrogen and oxygen atoms in total. The highest BCUT2D eigenvalue weighted by Gasteiger charge is 2.26. The number of anilines is 1. The van der Waals surface area contributed by atoms with Gasteiger partial charge in [0, 0.05) is 12.1 Å². The fourth-order valence-electron chi connectivity index (χ4n) is 2.56. The molecule has 2 aromatic rings. The predicted molar refractivity (Wildman–Crippen MR) is 73.7 cm³/mol. The van der Waals surface area contributed by atoms with Gasteiger partial charge in [-0.3, -0.25) is 0 Å². The highest BCUT2D eigenvalue weighted by atomic mass is 16.3. The van der Waals surface area contributed by atoms with Crippen LogP contribution in [0.1, 0.15) is 11.1 Å². The second kappa shape index (κ2) is 4.83. The molecule has 2 heteroatoms. The zero-order chi connectivity index (χ0) is 12.4. The van der Waals surface area contributed by atoms with Crippen LogP contribution in [0.15, 0.2) is 54.6 Å². The van der Waals surface area contributed by atoms with E-state index in [1.54, 1.807) is 0 Å². The van der Waals surface area contributed by atoms with Crippen molar-refractivity contribution in [2.24, 2.45) is 0 Å². The van der Waals surface area contributed by atoms with E-state index in [0.717, 1.165) is 12.1 Å². The molecular weight excluding hydrogens is 222 g/mol. The average molecular weight is 239 g/mol. The fraction of sp³-hybridized carbons (Fsp3) is 0.250. The standard InChI is InChI=1S/C16H17NO/c18-16(10-12-6-2-1-3-7-12)15-11-13-8-4-5-9-14(13)17-15/h1-9,15-18H,10-11H2. The minimum absolute atomic E-state index is 0.127. The van der Waals surface area contributed by atoms with Gasteiger partial charge < -0.3 is 10.4 Å². The van der Waals surface area contributed by atoms with Crippen LogP contribution in [-0.4, -0.2) is 17.3 Å². The molecule has 0 amide bonds. The Kier molecular flexibility index (Phi) is 3.03. The molecule has 1 aliphatic heterocycles. The van der Waals surface area contributed by atoms with E-state index in [1.165, 1.54) is 11.1 Å². The van der Waals surface area contributed by atoms with E-state index < -0.39 is 0 Å². The van der Waals surface area contributed by atoms with Crippen LogP contribution in [0.3, 0.4) is 0 Å². The Hall–Kier alpha value is -1.80. The summed E-state index contributed by atoms with van der Waals surface area (Å²) in [5, 5.41) is 13.7. The highest BCUT2D eigenvalue weighted by molar-refractivity contribution is 5.56. The molecule has 0 bridgehead atoms. The summed E-state index contributed by atoms with van der Waals surface area (Å²) >= 11 is 0. The van der Waals surface area contributed by atoms with E-state index in [2.05, 4.69) is 29.6 Å². The molecule has 92 valence electrons. The molecule has 0 saturated carbocycles. The van der Waals surface area contributed by atoms with Crippen molar-refractivity contribution in [3.63, 3.8) is 0 Å². The van der Waals surface area contributed by atoms with Gasteiger partial charge in [0.05, 0.1) is 12.1 Å². The first-order valence-corrected chi connectivity index (χ1v) is 6.39. The Morgan fingerprint density at radius 1 is 1.06 bits per heavy atom. The number of hydrogen-bond donors (Lipinski definition) is 2. The Labute approximate surface area is 107 Å². The molecule has 0 radical (unpaired) electrons. The van der Waals surface area contributed by atoms with Gasteiger partial charge >= 0.3 is 0 Å². The summed E-state index contributed by atoms with van der Waals surface area (Å²) in [5.41, 5.74) is 3.65. The lowest BCUT2D eigenvalue weighted by atomic mass is 9.99. The number of para-hydroxylation sites is 1. The summed E-state index contributed by atoms with van der Waals surface area (Å²) in [6.45, 7) is 0. The SMILES string of the molecule is OC(Cc1ccccc1)C1Cc2ccccc2N1. The van der Waals surface area contributed by atoms with Crippen LogP contribution < -0.4 is 5.32 Å². The van der Waals surface area contributed by atoms with Crippen LogP contribution >= 0.6 is 0 Å². The van der Waals surface area contributed by atoms with Gasteiger partial charge in [0.1, 0.15) is 0 Å². The quantitative estimate of drug-likeness (QED) is 0.863. The highest BCUT2D eigenvalue weighted by Crippen LogP contribution is 2.27. The molecule has 2 N–H and O–H groups in total. The second-order valence-corrected chi connectivity index (χ2v) is 4.87. The Balaban J connectivity index is 1.67. The first-order chi connectivity index (χ1) is 8.83. The third-order valence-corrected chi connectivity index (χ3v) is 3.55. The molecule has 0 spiro atoms. The molecule has 3 rings (SSSR count). The van der Waals surface area contributed by atoms with Gasteiger partial charge in [0.25, 0.3) is 0 Å². The van der Waals surface area contributed by atoms with Gasteiger partial charge in [0.2, 0.25) is 0 Å². The minimum Gasteiger partial charge on any atom is -0.391 e. The van der Waals surface area contributed by atoms with Gasteiger partial charge in [-0.25, -0.2) is 0 Å². The predicted octanol–water partition coefficient (Wildman–Crippen LogP) is 2.63.